The highest BCUT2D eigenvalue weighted by atomic mass is 16.5. The maximum atomic E-state index is 11.3. The van der Waals surface area contributed by atoms with Gasteiger partial charge in [0.15, 0.2) is 11.5 Å². The van der Waals surface area contributed by atoms with Gasteiger partial charge in [-0.2, -0.15) is 9.97 Å². The Bertz CT molecular complexity index is 1390. The Kier molecular flexibility index (Phi) is 7.20. The number of aromatic carboxylic acids is 1. The zero-order valence-corrected chi connectivity index (χ0v) is 19.2. The Balaban J connectivity index is 1.69. The molecule has 4 rings (SSSR count). The number of methoxy groups -OCH3 is 2. The number of carboxylic acid groups (broad SMARTS) is 1. The van der Waals surface area contributed by atoms with Crippen molar-refractivity contribution in [2.75, 3.05) is 19.5 Å². The summed E-state index contributed by atoms with van der Waals surface area (Å²) in [4.78, 5) is 35.1. The fraction of sp³-hybridized carbons (Fsp3) is 0.0800. The number of ether oxygens (including phenoxy) is 4. The van der Waals surface area contributed by atoms with Crippen LogP contribution in [0.5, 0.6) is 35.0 Å². The van der Waals surface area contributed by atoms with Crippen molar-refractivity contribution in [3.63, 3.8) is 0 Å². The van der Waals surface area contributed by atoms with E-state index < -0.39 is 5.97 Å². The van der Waals surface area contributed by atoms with Crippen molar-refractivity contribution in [1.82, 2.24) is 15.0 Å². The maximum Gasteiger partial charge on any atom is 0.335 e. The number of carboxylic acids is 1. The first kappa shape index (κ1) is 24.0. The van der Waals surface area contributed by atoms with Gasteiger partial charge in [0.2, 0.25) is 5.95 Å². The van der Waals surface area contributed by atoms with Crippen LogP contribution in [0.25, 0.3) is 0 Å². The van der Waals surface area contributed by atoms with Gasteiger partial charge in [0.05, 0.1) is 19.8 Å². The number of rotatable bonds is 10. The molecule has 0 aliphatic rings. The van der Waals surface area contributed by atoms with Crippen molar-refractivity contribution >= 4 is 23.9 Å². The molecule has 0 bridgehead atoms. The summed E-state index contributed by atoms with van der Waals surface area (Å²) in [5.41, 5.74) is 0.912. The van der Waals surface area contributed by atoms with E-state index in [1.54, 1.807) is 55.6 Å². The lowest BCUT2D eigenvalue weighted by Gasteiger charge is -2.12. The summed E-state index contributed by atoms with van der Waals surface area (Å²) in [5.74, 6) is 0.584. The van der Waals surface area contributed by atoms with E-state index in [2.05, 4.69) is 20.3 Å². The average Bonchev–Trinajstić information content (AvgIpc) is 2.89. The predicted molar refractivity (Wildman–Crippen MR) is 128 cm³/mol. The Hall–Kier alpha value is -5.19. The average molecular weight is 488 g/mol. The van der Waals surface area contributed by atoms with Crippen molar-refractivity contribution in [2.24, 2.45) is 0 Å². The third-order valence-electron chi connectivity index (χ3n) is 4.75. The van der Waals surface area contributed by atoms with Gasteiger partial charge in [0.1, 0.15) is 17.8 Å². The molecule has 2 N–H and O–H groups in total. The highest BCUT2D eigenvalue weighted by molar-refractivity contribution is 5.89. The number of nitrogens with zero attached hydrogens (tertiary/aromatic N) is 3. The van der Waals surface area contributed by atoms with Gasteiger partial charge < -0.3 is 29.4 Å². The lowest BCUT2D eigenvalue weighted by Crippen LogP contribution is -2.05. The molecule has 4 aromatic rings. The van der Waals surface area contributed by atoms with E-state index in [9.17, 15) is 14.7 Å². The molecule has 0 saturated carbocycles. The van der Waals surface area contributed by atoms with Crippen LogP contribution in [-0.2, 0) is 0 Å². The van der Waals surface area contributed by atoms with Gasteiger partial charge in [0, 0.05) is 11.3 Å². The third kappa shape index (κ3) is 5.83. The van der Waals surface area contributed by atoms with Gasteiger partial charge >= 0.3 is 18.0 Å². The van der Waals surface area contributed by atoms with Crippen LogP contribution in [0.2, 0.25) is 0 Å². The molecule has 36 heavy (non-hydrogen) atoms. The van der Waals surface area contributed by atoms with E-state index in [1.165, 1.54) is 25.3 Å². The van der Waals surface area contributed by atoms with Crippen LogP contribution in [0, 0.1) is 0 Å². The van der Waals surface area contributed by atoms with E-state index in [0.29, 0.717) is 34.8 Å². The number of hydrogen-bond donors (Lipinski definition) is 2. The molecule has 0 saturated heterocycles. The zero-order chi connectivity index (χ0) is 25.5. The molecule has 0 spiro atoms. The first-order valence-corrected chi connectivity index (χ1v) is 10.5. The van der Waals surface area contributed by atoms with E-state index in [1.807, 2.05) is 0 Å². The van der Waals surface area contributed by atoms with Crippen molar-refractivity contribution in [3.05, 3.63) is 77.9 Å². The molecular formula is C25H20N4O7. The quantitative estimate of drug-likeness (QED) is 0.299. The molecule has 0 radical (unpaired) electrons. The number of hydrogen-bond acceptors (Lipinski definition) is 10. The summed E-state index contributed by atoms with van der Waals surface area (Å²) in [6.45, 7) is 0. The molecule has 182 valence electrons. The number of carbonyl (C=O) groups is 2. The molecule has 0 atom stereocenters. The van der Waals surface area contributed by atoms with Crippen molar-refractivity contribution in [1.29, 1.82) is 0 Å². The zero-order valence-electron chi connectivity index (χ0n) is 19.2. The normalized spacial score (nSPS) is 10.3. The minimum absolute atomic E-state index is 0.0366. The summed E-state index contributed by atoms with van der Waals surface area (Å²) in [6, 6.07) is 17.3. The van der Waals surface area contributed by atoms with Crippen molar-refractivity contribution < 1.29 is 33.6 Å². The van der Waals surface area contributed by atoms with Gasteiger partial charge in [-0.05, 0) is 60.7 Å². The standard InChI is InChI=1S/C25H20N4O7/c1-33-18-7-9-19(10-8-18)35-24-27-23(26-17-5-3-4-16(13-17)22(31)32)28-25(29-24)36-20-11-6-15(14-30)12-21(20)34-2/h3-14H,1-2H3,(H,31,32)(H,26,27,28,29). The Morgan fingerprint density at radius 1 is 0.833 bits per heavy atom. The highest BCUT2D eigenvalue weighted by Gasteiger charge is 2.15. The molecule has 0 aliphatic carbocycles. The molecule has 0 fully saturated rings. The second-order valence-corrected chi connectivity index (χ2v) is 7.14. The van der Waals surface area contributed by atoms with Crippen LogP contribution in [0.3, 0.4) is 0 Å². The summed E-state index contributed by atoms with van der Waals surface area (Å²) in [5, 5.41) is 12.2. The summed E-state index contributed by atoms with van der Waals surface area (Å²) in [6.07, 6.45) is 0.684. The van der Waals surface area contributed by atoms with E-state index in [-0.39, 0.29) is 29.3 Å². The largest absolute Gasteiger partial charge is 0.497 e. The fourth-order valence-corrected chi connectivity index (χ4v) is 3.03. The van der Waals surface area contributed by atoms with Crippen LogP contribution in [0.15, 0.2) is 66.7 Å². The first-order chi connectivity index (χ1) is 17.5. The lowest BCUT2D eigenvalue weighted by atomic mass is 10.2. The Morgan fingerprint density at radius 2 is 1.56 bits per heavy atom. The Morgan fingerprint density at radius 3 is 2.22 bits per heavy atom. The Labute approximate surface area is 205 Å². The van der Waals surface area contributed by atoms with E-state index in [0.717, 1.165) is 0 Å². The number of aromatic nitrogens is 3. The van der Waals surface area contributed by atoms with Gasteiger partial charge in [-0.15, -0.1) is 4.98 Å². The SMILES string of the molecule is COc1ccc(Oc2nc(Nc3cccc(C(=O)O)c3)nc(Oc3ccc(C=O)cc3OC)n2)cc1. The summed E-state index contributed by atoms with van der Waals surface area (Å²) in [7, 11) is 2.99. The summed E-state index contributed by atoms with van der Waals surface area (Å²) < 4.78 is 22.1. The molecule has 3 aromatic carbocycles. The molecule has 11 heteroatoms. The van der Waals surface area contributed by atoms with Crippen molar-refractivity contribution in [2.45, 2.75) is 0 Å². The lowest BCUT2D eigenvalue weighted by molar-refractivity contribution is 0.0696. The second-order valence-electron chi connectivity index (χ2n) is 7.14. The molecule has 0 aliphatic heterocycles. The predicted octanol–water partition coefficient (Wildman–Crippen LogP) is 4.73. The number of nitrogens with one attached hydrogen (secondary N) is 1. The van der Waals surface area contributed by atoms with Crippen LogP contribution in [-0.4, -0.2) is 46.5 Å². The van der Waals surface area contributed by atoms with Gasteiger partial charge in [-0.1, -0.05) is 6.07 Å². The van der Waals surface area contributed by atoms with Crippen LogP contribution in [0.4, 0.5) is 11.6 Å². The maximum absolute atomic E-state index is 11.3. The minimum atomic E-state index is -1.08. The molecule has 0 amide bonds. The highest BCUT2D eigenvalue weighted by Crippen LogP contribution is 2.32. The van der Waals surface area contributed by atoms with Gasteiger partial charge in [0.25, 0.3) is 0 Å². The van der Waals surface area contributed by atoms with Crippen molar-refractivity contribution in [3.8, 4) is 35.0 Å². The molecule has 0 unspecified atom stereocenters. The van der Waals surface area contributed by atoms with Gasteiger partial charge in [-0.3, -0.25) is 4.79 Å². The molecular weight excluding hydrogens is 468 g/mol. The molecule has 11 nitrogen and oxygen atoms in total. The van der Waals surface area contributed by atoms with E-state index in [4.69, 9.17) is 18.9 Å². The number of benzene rings is 3. The van der Waals surface area contributed by atoms with Crippen LogP contribution < -0.4 is 24.3 Å². The smallest absolute Gasteiger partial charge is 0.335 e. The van der Waals surface area contributed by atoms with E-state index >= 15 is 0 Å². The fourth-order valence-electron chi connectivity index (χ4n) is 3.03. The monoisotopic (exact) mass is 488 g/mol. The van der Waals surface area contributed by atoms with Gasteiger partial charge in [-0.25, -0.2) is 4.79 Å². The molecule has 1 heterocycles. The minimum Gasteiger partial charge on any atom is -0.497 e. The van der Waals surface area contributed by atoms with Crippen LogP contribution in [0.1, 0.15) is 20.7 Å². The third-order valence-corrected chi connectivity index (χ3v) is 4.75. The van der Waals surface area contributed by atoms with Crippen LogP contribution >= 0.6 is 0 Å². The topological polar surface area (TPSA) is 142 Å². The number of anilines is 2. The number of carbonyl (C=O) groups excluding carboxylic acids is 1. The second kappa shape index (κ2) is 10.8. The number of aldehydes is 1. The molecule has 1 aromatic heterocycles. The summed E-state index contributed by atoms with van der Waals surface area (Å²) >= 11 is 0. The first-order valence-electron chi connectivity index (χ1n) is 10.5.